The minimum Gasteiger partial charge on any atom is -0.506 e. The van der Waals surface area contributed by atoms with E-state index >= 15 is 0 Å². The summed E-state index contributed by atoms with van der Waals surface area (Å²) < 4.78 is 0. The van der Waals surface area contributed by atoms with Gasteiger partial charge in [-0.15, -0.1) is 0 Å². The lowest BCUT2D eigenvalue weighted by Gasteiger charge is -2.08. The van der Waals surface area contributed by atoms with Crippen LogP contribution in [0.3, 0.4) is 0 Å². The predicted octanol–water partition coefficient (Wildman–Crippen LogP) is 3.25. The smallest absolute Gasteiger partial charge is 0.275 e. The first-order chi connectivity index (χ1) is 9.88. The Morgan fingerprint density at radius 2 is 2.00 bits per heavy atom. The lowest BCUT2D eigenvalue weighted by atomic mass is 10.2. The molecule has 1 heterocycles. The first kappa shape index (κ1) is 15.0. The van der Waals surface area contributed by atoms with E-state index in [1.807, 2.05) is 0 Å². The Morgan fingerprint density at radius 3 is 2.67 bits per heavy atom. The van der Waals surface area contributed by atoms with Crippen LogP contribution in [0.15, 0.2) is 30.3 Å². The molecule has 0 atom stereocenters. The Morgan fingerprint density at radius 1 is 1.29 bits per heavy atom. The van der Waals surface area contributed by atoms with Gasteiger partial charge in [-0.2, -0.15) is 0 Å². The zero-order chi connectivity index (χ0) is 15.6. The van der Waals surface area contributed by atoms with Gasteiger partial charge in [-0.05, 0) is 18.2 Å². The van der Waals surface area contributed by atoms with Crippen LogP contribution >= 0.6 is 23.2 Å². The van der Waals surface area contributed by atoms with Gasteiger partial charge in [0.2, 0.25) is 0 Å². The first-order valence-corrected chi connectivity index (χ1v) is 6.25. The molecule has 1 aromatic heterocycles. The van der Waals surface area contributed by atoms with Crippen molar-refractivity contribution in [3.63, 3.8) is 0 Å². The predicted molar refractivity (Wildman–Crippen MR) is 77.0 cm³/mol. The van der Waals surface area contributed by atoms with Crippen molar-refractivity contribution < 1.29 is 14.8 Å². The molecule has 0 aliphatic rings. The topological polar surface area (TPSA) is 105 Å². The minimum absolute atomic E-state index is 0.0572. The lowest BCUT2D eigenvalue weighted by molar-refractivity contribution is -0.384. The average Bonchev–Trinajstić information content (AvgIpc) is 2.43. The van der Waals surface area contributed by atoms with E-state index in [1.165, 1.54) is 12.1 Å². The van der Waals surface area contributed by atoms with Crippen molar-refractivity contribution in [2.45, 2.75) is 0 Å². The second-order valence-electron chi connectivity index (χ2n) is 3.88. The van der Waals surface area contributed by atoms with Gasteiger partial charge in [0.25, 0.3) is 11.6 Å². The molecule has 0 unspecified atom stereocenters. The number of nitrogens with one attached hydrogen (secondary N) is 1. The highest BCUT2D eigenvalue weighted by Gasteiger charge is 2.17. The third kappa shape index (κ3) is 3.39. The van der Waals surface area contributed by atoms with Crippen LogP contribution in [0.4, 0.5) is 11.4 Å². The Kier molecular flexibility index (Phi) is 4.25. The van der Waals surface area contributed by atoms with E-state index < -0.39 is 10.8 Å². The number of hydrogen-bond donors (Lipinski definition) is 2. The monoisotopic (exact) mass is 327 g/mol. The van der Waals surface area contributed by atoms with Gasteiger partial charge in [0, 0.05) is 12.1 Å². The Hall–Kier alpha value is -2.38. The molecule has 21 heavy (non-hydrogen) atoms. The Bertz CT molecular complexity index is 736. The van der Waals surface area contributed by atoms with Gasteiger partial charge in [0.15, 0.2) is 0 Å². The molecule has 0 saturated heterocycles. The number of aromatic hydroxyl groups is 1. The molecule has 2 aromatic rings. The number of hydrogen-bond acceptors (Lipinski definition) is 5. The second kappa shape index (κ2) is 5.94. The number of non-ortho nitro benzene ring substituents is 1. The van der Waals surface area contributed by atoms with Gasteiger partial charge in [-0.1, -0.05) is 23.2 Å². The number of nitro benzene ring substituents is 1. The van der Waals surface area contributed by atoms with Gasteiger partial charge in [0.1, 0.15) is 16.6 Å². The number of nitrogens with zero attached hydrogens (tertiary/aromatic N) is 2. The highest BCUT2D eigenvalue weighted by Crippen LogP contribution is 2.28. The van der Waals surface area contributed by atoms with Crippen molar-refractivity contribution in [2.75, 3.05) is 5.32 Å². The standard InChI is InChI=1S/C12H7Cl2N3O4/c13-7-2-4-10(14)16-11(7)12(19)15-8-5-6(17(20)21)1-3-9(8)18/h1-5,18H,(H,15,19). The van der Waals surface area contributed by atoms with Gasteiger partial charge in [0.05, 0.1) is 15.6 Å². The van der Waals surface area contributed by atoms with E-state index in [2.05, 4.69) is 10.3 Å². The van der Waals surface area contributed by atoms with Crippen molar-refractivity contribution in [1.82, 2.24) is 4.98 Å². The number of carbonyl (C=O) groups is 1. The zero-order valence-corrected chi connectivity index (χ0v) is 11.7. The Balaban J connectivity index is 2.33. The number of carbonyl (C=O) groups excluding carboxylic acids is 1. The first-order valence-electron chi connectivity index (χ1n) is 5.49. The van der Waals surface area contributed by atoms with Crippen LogP contribution < -0.4 is 5.32 Å². The molecular formula is C12H7Cl2N3O4. The fourth-order valence-corrected chi connectivity index (χ4v) is 1.84. The van der Waals surface area contributed by atoms with E-state index in [9.17, 15) is 20.0 Å². The molecule has 1 amide bonds. The fourth-order valence-electron chi connectivity index (χ4n) is 1.50. The van der Waals surface area contributed by atoms with E-state index in [-0.39, 0.29) is 33.0 Å². The maximum absolute atomic E-state index is 12.0. The normalized spacial score (nSPS) is 10.2. The van der Waals surface area contributed by atoms with Crippen LogP contribution in [0.1, 0.15) is 10.5 Å². The molecule has 0 fully saturated rings. The van der Waals surface area contributed by atoms with Crippen LogP contribution in [0.5, 0.6) is 5.75 Å². The third-order valence-corrected chi connectivity index (χ3v) is 2.98. The number of halogens is 2. The molecule has 108 valence electrons. The molecule has 0 spiro atoms. The number of aromatic nitrogens is 1. The number of phenols is 1. The lowest BCUT2D eigenvalue weighted by Crippen LogP contribution is -2.14. The summed E-state index contributed by atoms with van der Waals surface area (Å²) in [4.78, 5) is 25.8. The van der Waals surface area contributed by atoms with Crippen molar-refractivity contribution in [1.29, 1.82) is 0 Å². The van der Waals surface area contributed by atoms with E-state index in [4.69, 9.17) is 23.2 Å². The van der Waals surface area contributed by atoms with E-state index in [0.717, 1.165) is 18.2 Å². The third-order valence-electron chi connectivity index (χ3n) is 2.47. The number of nitro groups is 1. The maximum atomic E-state index is 12.0. The minimum atomic E-state index is -0.752. The quantitative estimate of drug-likeness (QED) is 0.389. The fraction of sp³-hybridized carbons (Fsp3) is 0. The summed E-state index contributed by atoms with van der Waals surface area (Å²) in [7, 11) is 0. The van der Waals surface area contributed by atoms with Crippen molar-refractivity contribution in [2.24, 2.45) is 0 Å². The van der Waals surface area contributed by atoms with Gasteiger partial charge in [-0.25, -0.2) is 4.98 Å². The molecule has 9 heteroatoms. The summed E-state index contributed by atoms with van der Waals surface area (Å²) in [6.45, 7) is 0. The van der Waals surface area contributed by atoms with Crippen LogP contribution in [0.2, 0.25) is 10.2 Å². The van der Waals surface area contributed by atoms with Gasteiger partial charge < -0.3 is 10.4 Å². The van der Waals surface area contributed by atoms with Crippen LogP contribution in [0.25, 0.3) is 0 Å². The molecule has 0 bridgehead atoms. The summed E-state index contributed by atoms with van der Waals surface area (Å²) in [5, 5.41) is 22.7. The molecule has 0 aliphatic heterocycles. The summed E-state index contributed by atoms with van der Waals surface area (Å²) in [5.41, 5.74) is -0.574. The number of benzene rings is 1. The SMILES string of the molecule is O=C(Nc1cc([N+](=O)[O-])ccc1O)c1nc(Cl)ccc1Cl. The summed E-state index contributed by atoms with van der Waals surface area (Å²) in [5.74, 6) is -1.08. The summed E-state index contributed by atoms with van der Waals surface area (Å²) in [6.07, 6.45) is 0. The molecule has 0 aliphatic carbocycles. The molecule has 0 saturated carbocycles. The van der Waals surface area contributed by atoms with Crippen LogP contribution in [-0.2, 0) is 0 Å². The second-order valence-corrected chi connectivity index (χ2v) is 4.67. The Labute approximate surface area is 128 Å². The zero-order valence-electron chi connectivity index (χ0n) is 10.2. The average molecular weight is 328 g/mol. The van der Waals surface area contributed by atoms with Crippen LogP contribution in [0, 0.1) is 10.1 Å². The number of pyridine rings is 1. The van der Waals surface area contributed by atoms with Gasteiger partial charge >= 0.3 is 0 Å². The molecular weight excluding hydrogens is 321 g/mol. The number of rotatable bonds is 3. The summed E-state index contributed by atoms with van der Waals surface area (Å²) >= 11 is 11.5. The van der Waals surface area contributed by atoms with Crippen molar-refractivity contribution in [3.05, 3.63) is 56.3 Å². The van der Waals surface area contributed by atoms with Crippen molar-refractivity contribution >= 4 is 40.5 Å². The van der Waals surface area contributed by atoms with E-state index in [1.54, 1.807) is 0 Å². The molecule has 2 N–H and O–H groups in total. The van der Waals surface area contributed by atoms with E-state index in [0.29, 0.717) is 0 Å². The number of amides is 1. The number of phenolic OH excluding ortho intramolecular Hbond substituents is 1. The highest BCUT2D eigenvalue weighted by molar-refractivity contribution is 6.35. The van der Waals surface area contributed by atoms with Crippen molar-refractivity contribution in [3.8, 4) is 5.75 Å². The maximum Gasteiger partial charge on any atom is 0.275 e. The highest BCUT2D eigenvalue weighted by atomic mass is 35.5. The van der Waals surface area contributed by atoms with Crippen LogP contribution in [-0.4, -0.2) is 20.9 Å². The molecule has 1 aromatic carbocycles. The number of anilines is 1. The largest absolute Gasteiger partial charge is 0.506 e. The molecule has 0 radical (unpaired) electrons. The van der Waals surface area contributed by atoms with Gasteiger partial charge in [-0.3, -0.25) is 14.9 Å². The molecule has 7 nitrogen and oxygen atoms in total. The molecule has 2 rings (SSSR count). The summed E-state index contributed by atoms with van der Waals surface area (Å²) in [6, 6.07) is 6.02.